The van der Waals surface area contributed by atoms with Gasteiger partial charge in [-0.05, 0) is 26.0 Å². The van der Waals surface area contributed by atoms with Crippen molar-refractivity contribution in [2.45, 2.75) is 30.9 Å². The number of thioether (sulfide) groups is 1. The van der Waals surface area contributed by atoms with Crippen LogP contribution in [0.4, 0.5) is 0 Å². The summed E-state index contributed by atoms with van der Waals surface area (Å²) in [5.41, 5.74) is 1.15. The van der Waals surface area contributed by atoms with Gasteiger partial charge in [0.2, 0.25) is 0 Å². The van der Waals surface area contributed by atoms with Gasteiger partial charge in [0.1, 0.15) is 0 Å². The zero-order valence-electron chi connectivity index (χ0n) is 13.6. The van der Waals surface area contributed by atoms with E-state index in [-0.39, 0.29) is 4.75 Å². The van der Waals surface area contributed by atoms with Crippen LogP contribution in [0, 0.1) is 6.92 Å². The van der Waals surface area contributed by atoms with Crippen molar-refractivity contribution in [1.82, 2.24) is 15.6 Å². The second-order valence-electron chi connectivity index (χ2n) is 5.46. The van der Waals surface area contributed by atoms with E-state index in [1.165, 1.54) is 0 Å². The number of aryl methyl sites for hydroxylation is 1. The van der Waals surface area contributed by atoms with E-state index in [0.717, 1.165) is 62.2 Å². The minimum atomic E-state index is 0.266. The summed E-state index contributed by atoms with van der Waals surface area (Å²) in [6.45, 7) is 5.53. The third-order valence-electron chi connectivity index (χ3n) is 3.98. The maximum atomic E-state index is 5.48. The molecule has 0 amide bonds. The molecule has 7 heteroatoms. The first-order valence-electron chi connectivity index (χ1n) is 7.66. The highest BCUT2D eigenvalue weighted by molar-refractivity contribution is 8.00. The van der Waals surface area contributed by atoms with Crippen molar-refractivity contribution in [2.75, 3.05) is 39.6 Å². The number of aromatic nitrogens is 1. The van der Waals surface area contributed by atoms with Gasteiger partial charge in [-0.1, -0.05) is 0 Å². The van der Waals surface area contributed by atoms with Crippen LogP contribution in [0.15, 0.2) is 10.4 Å². The van der Waals surface area contributed by atoms with Crippen molar-refractivity contribution >= 4 is 29.1 Å². The van der Waals surface area contributed by atoms with Crippen LogP contribution in [0.5, 0.6) is 0 Å². The van der Waals surface area contributed by atoms with Crippen molar-refractivity contribution in [3.05, 3.63) is 16.1 Å². The predicted molar refractivity (Wildman–Crippen MR) is 96.2 cm³/mol. The summed E-state index contributed by atoms with van der Waals surface area (Å²) in [4.78, 5) is 8.79. The number of guanidine groups is 1. The van der Waals surface area contributed by atoms with Gasteiger partial charge in [-0.3, -0.25) is 4.99 Å². The molecule has 1 saturated heterocycles. The lowest BCUT2D eigenvalue weighted by molar-refractivity contribution is 0.0783. The Morgan fingerprint density at radius 2 is 2.23 bits per heavy atom. The fourth-order valence-corrected chi connectivity index (χ4v) is 3.93. The highest BCUT2D eigenvalue weighted by Gasteiger charge is 2.31. The minimum Gasteiger partial charge on any atom is -0.381 e. The number of hydrogen-bond donors (Lipinski definition) is 2. The quantitative estimate of drug-likeness (QED) is 0.612. The lowest BCUT2D eigenvalue weighted by Gasteiger charge is -2.36. The SMILES string of the molecule is CN=C(NCCc1csc(C)n1)NCC1(SC)CCOCC1. The van der Waals surface area contributed by atoms with Gasteiger partial charge < -0.3 is 15.4 Å². The zero-order valence-corrected chi connectivity index (χ0v) is 15.3. The number of aliphatic imine (C=N–C) groups is 1. The average Bonchev–Trinajstić information content (AvgIpc) is 2.97. The van der Waals surface area contributed by atoms with Crippen LogP contribution in [0.3, 0.4) is 0 Å². The van der Waals surface area contributed by atoms with Gasteiger partial charge >= 0.3 is 0 Å². The highest BCUT2D eigenvalue weighted by Crippen LogP contribution is 2.32. The van der Waals surface area contributed by atoms with Gasteiger partial charge in [-0.25, -0.2) is 4.98 Å². The second-order valence-corrected chi connectivity index (χ2v) is 7.80. The molecule has 0 unspecified atom stereocenters. The van der Waals surface area contributed by atoms with Crippen molar-refractivity contribution in [3.8, 4) is 0 Å². The molecule has 0 bridgehead atoms. The number of nitrogens with zero attached hydrogens (tertiary/aromatic N) is 2. The van der Waals surface area contributed by atoms with Crippen LogP contribution in [0.2, 0.25) is 0 Å². The van der Waals surface area contributed by atoms with Crippen molar-refractivity contribution in [3.63, 3.8) is 0 Å². The number of hydrogen-bond acceptors (Lipinski definition) is 5. The van der Waals surface area contributed by atoms with Crippen LogP contribution in [-0.2, 0) is 11.2 Å². The van der Waals surface area contributed by atoms with Crippen LogP contribution in [0.1, 0.15) is 23.5 Å². The van der Waals surface area contributed by atoms with Crippen molar-refractivity contribution in [2.24, 2.45) is 4.99 Å². The Morgan fingerprint density at radius 1 is 1.45 bits per heavy atom. The first-order chi connectivity index (χ1) is 10.7. The number of rotatable bonds is 6. The van der Waals surface area contributed by atoms with Gasteiger partial charge in [0.05, 0.1) is 10.7 Å². The Bertz CT molecular complexity index is 484. The lowest BCUT2D eigenvalue weighted by Crippen LogP contribution is -2.48. The molecule has 1 aromatic rings. The molecule has 0 atom stereocenters. The third kappa shape index (κ3) is 5.14. The monoisotopic (exact) mass is 342 g/mol. The van der Waals surface area contributed by atoms with E-state index >= 15 is 0 Å². The van der Waals surface area contributed by atoms with E-state index in [2.05, 4.69) is 32.2 Å². The van der Waals surface area contributed by atoms with E-state index < -0.39 is 0 Å². The number of ether oxygens (including phenoxy) is 1. The van der Waals surface area contributed by atoms with Gasteiger partial charge in [0.15, 0.2) is 5.96 Å². The third-order valence-corrected chi connectivity index (χ3v) is 6.22. The molecule has 1 fully saturated rings. The summed E-state index contributed by atoms with van der Waals surface area (Å²) in [5.74, 6) is 0.867. The molecule has 0 saturated carbocycles. The van der Waals surface area contributed by atoms with Crippen molar-refractivity contribution < 1.29 is 4.74 Å². The van der Waals surface area contributed by atoms with E-state index in [9.17, 15) is 0 Å². The fourth-order valence-electron chi connectivity index (χ4n) is 2.49. The normalized spacial score (nSPS) is 18.2. The topological polar surface area (TPSA) is 58.5 Å². The average molecular weight is 343 g/mol. The summed E-state index contributed by atoms with van der Waals surface area (Å²) in [5, 5.41) is 10.1. The van der Waals surface area contributed by atoms with Crippen LogP contribution in [0.25, 0.3) is 0 Å². The summed E-state index contributed by atoms with van der Waals surface area (Å²) in [7, 11) is 1.82. The molecule has 124 valence electrons. The minimum absolute atomic E-state index is 0.266. The van der Waals surface area contributed by atoms with Gasteiger partial charge in [0, 0.05) is 49.9 Å². The molecule has 5 nitrogen and oxygen atoms in total. The Labute approximate surface area is 141 Å². The standard InChI is InChI=1S/C15H26N4OS2/c1-12-19-13(10-22-12)4-7-17-14(16-2)18-11-15(21-3)5-8-20-9-6-15/h10H,4-9,11H2,1-3H3,(H2,16,17,18). The predicted octanol–water partition coefficient (Wildman–Crippen LogP) is 2.07. The smallest absolute Gasteiger partial charge is 0.191 e. The molecule has 0 spiro atoms. The Kier molecular flexibility index (Phi) is 6.98. The Hall–Kier alpha value is -0.790. The van der Waals surface area contributed by atoms with Crippen molar-refractivity contribution in [1.29, 1.82) is 0 Å². The maximum absolute atomic E-state index is 5.48. The maximum Gasteiger partial charge on any atom is 0.191 e. The molecule has 0 aliphatic carbocycles. The molecular formula is C15H26N4OS2. The molecule has 1 aliphatic rings. The summed E-state index contributed by atoms with van der Waals surface area (Å²) >= 11 is 3.64. The van der Waals surface area contributed by atoms with E-state index in [4.69, 9.17) is 4.74 Å². The van der Waals surface area contributed by atoms with Crippen LogP contribution >= 0.6 is 23.1 Å². The van der Waals surface area contributed by atoms with Gasteiger partial charge in [-0.15, -0.1) is 11.3 Å². The van der Waals surface area contributed by atoms with Crippen LogP contribution in [-0.4, -0.2) is 55.3 Å². The van der Waals surface area contributed by atoms with E-state index in [0.29, 0.717) is 0 Å². The lowest BCUT2D eigenvalue weighted by atomic mass is 9.99. The summed E-state index contributed by atoms with van der Waals surface area (Å²) in [6.07, 6.45) is 5.30. The summed E-state index contributed by atoms with van der Waals surface area (Å²) in [6, 6.07) is 0. The van der Waals surface area contributed by atoms with Crippen LogP contribution < -0.4 is 10.6 Å². The fraction of sp³-hybridized carbons (Fsp3) is 0.733. The number of nitrogens with one attached hydrogen (secondary N) is 2. The molecular weight excluding hydrogens is 316 g/mol. The summed E-state index contributed by atoms with van der Waals surface area (Å²) < 4.78 is 5.75. The number of thiazole rings is 1. The second kappa shape index (κ2) is 8.74. The highest BCUT2D eigenvalue weighted by atomic mass is 32.2. The Morgan fingerprint density at radius 3 is 2.82 bits per heavy atom. The first-order valence-corrected chi connectivity index (χ1v) is 9.76. The molecule has 2 heterocycles. The molecule has 1 aromatic heterocycles. The largest absolute Gasteiger partial charge is 0.381 e. The van der Waals surface area contributed by atoms with Gasteiger partial charge in [-0.2, -0.15) is 11.8 Å². The first kappa shape index (κ1) is 17.6. The molecule has 0 aromatic carbocycles. The van der Waals surface area contributed by atoms with E-state index in [1.54, 1.807) is 11.3 Å². The molecule has 2 rings (SSSR count). The Balaban J connectivity index is 1.74. The van der Waals surface area contributed by atoms with E-state index in [1.807, 2.05) is 25.7 Å². The van der Waals surface area contributed by atoms with Gasteiger partial charge in [0.25, 0.3) is 0 Å². The molecule has 2 N–H and O–H groups in total. The zero-order chi connectivity index (χ0) is 15.8. The molecule has 0 radical (unpaired) electrons. The molecule has 22 heavy (non-hydrogen) atoms. The molecule has 1 aliphatic heterocycles.